The minimum Gasteiger partial charge on any atom is -0.480 e. The average Bonchev–Trinajstić information content (AvgIpc) is 3.02. The highest BCUT2D eigenvalue weighted by atomic mass is 16.5. The number of hydrogen-bond acceptors (Lipinski definition) is 8. The predicted octanol–water partition coefficient (Wildman–Crippen LogP) is 2.01. The maximum Gasteiger partial charge on any atom is 0.320 e. The number of piperidine rings is 1. The van der Waals surface area contributed by atoms with E-state index in [2.05, 4.69) is 45.8 Å². The molecule has 0 spiro atoms. The van der Waals surface area contributed by atoms with Crippen LogP contribution in [0.5, 0.6) is 12.0 Å². The zero-order valence-corrected chi connectivity index (χ0v) is 18.0. The predicted molar refractivity (Wildman–Crippen MR) is 118 cm³/mol. The van der Waals surface area contributed by atoms with Crippen LogP contribution in [0.3, 0.4) is 0 Å². The van der Waals surface area contributed by atoms with Crippen LogP contribution < -0.4 is 10.5 Å². The second kappa shape index (κ2) is 9.07. The van der Waals surface area contributed by atoms with Crippen LogP contribution >= 0.6 is 0 Å². The summed E-state index contributed by atoms with van der Waals surface area (Å²) in [7, 11) is 0. The third-order valence-corrected chi connectivity index (χ3v) is 5.59. The molecule has 0 bridgehead atoms. The lowest BCUT2D eigenvalue weighted by atomic mass is 9.91. The Bertz CT molecular complexity index is 1040. The van der Waals surface area contributed by atoms with Gasteiger partial charge in [-0.15, -0.1) is 0 Å². The van der Waals surface area contributed by atoms with Gasteiger partial charge in [-0.3, -0.25) is 9.47 Å². The molecule has 31 heavy (non-hydrogen) atoms. The van der Waals surface area contributed by atoms with Gasteiger partial charge in [-0.2, -0.15) is 15.0 Å². The maximum absolute atomic E-state index is 10.4. The molecule has 2 atom stereocenters. The molecule has 0 saturated carbocycles. The van der Waals surface area contributed by atoms with E-state index in [1.807, 2.05) is 12.1 Å². The van der Waals surface area contributed by atoms with Crippen molar-refractivity contribution in [2.75, 3.05) is 32.0 Å². The number of rotatable bonds is 7. The van der Waals surface area contributed by atoms with E-state index in [1.54, 1.807) is 4.57 Å². The number of nitrogen functional groups attached to an aromatic ring is 1. The largest absolute Gasteiger partial charge is 0.480 e. The fourth-order valence-electron chi connectivity index (χ4n) is 4.52. The van der Waals surface area contributed by atoms with E-state index < -0.39 is 0 Å². The Hall–Kier alpha value is -2.91. The van der Waals surface area contributed by atoms with Gasteiger partial charge in [-0.25, -0.2) is 0 Å². The van der Waals surface area contributed by atoms with Gasteiger partial charge in [-0.1, -0.05) is 38.1 Å². The number of aromatic hydroxyl groups is 1. The second-order valence-electron chi connectivity index (χ2n) is 8.59. The molecule has 9 nitrogen and oxygen atoms in total. The average molecular weight is 427 g/mol. The van der Waals surface area contributed by atoms with Crippen molar-refractivity contribution in [3.63, 3.8) is 0 Å². The first kappa shape index (κ1) is 21.3. The molecule has 3 heterocycles. The Kier molecular flexibility index (Phi) is 6.24. The molecule has 1 aliphatic rings. The number of nitrogens with zero attached hydrogens (tertiary/aromatic N) is 5. The summed E-state index contributed by atoms with van der Waals surface area (Å²) in [5.74, 6) is 1.55. The molecule has 2 unspecified atom stereocenters. The Morgan fingerprint density at radius 2 is 1.81 bits per heavy atom. The quantitative estimate of drug-likeness (QED) is 0.524. The van der Waals surface area contributed by atoms with Crippen LogP contribution in [-0.4, -0.2) is 60.9 Å². The number of likely N-dealkylation sites (tertiary alicyclic amines) is 1. The zero-order chi connectivity index (χ0) is 22.0. The van der Waals surface area contributed by atoms with E-state index in [-0.39, 0.29) is 31.1 Å². The normalized spacial score (nSPS) is 19.7. The number of aliphatic hydroxyl groups excluding tert-OH is 1. The van der Waals surface area contributed by atoms with Gasteiger partial charge in [0, 0.05) is 19.6 Å². The number of anilines is 1. The first-order chi connectivity index (χ1) is 14.9. The molecule has 3 aromatic rings. The number of aliphatic hydroxyl groups is 1. The Morgan fingerprint density at radius 1 is 1.10 bits per heavy atom. The van der Waals surface area contributed by atoms with Crippen molar-refractivity contribution >= 4 is 17.0 Å². The van der Waals surface area contributed by atoms with E-state index in [0.717, 1.165) is 25.2 Å². The minimum absolute atomic E-state index is 0.0438. The molecular weight excluding hydrogens is 396 g/mol. The lowest BCUT2D eigenvalue weighted by Crippen LogP contribution is -2.38. The van der Waals surface area contributed by atoms with Crippen molar-refractivity contribution in [2.24, 2.45) is 11.8 Å². The van der Waals surface area contributed by atoms with E-state index in [4.69, 9.17) is 15.6 Å². The Morgan fingerprint density at radius 3 is 2.52 bits per heavy atom. The van der Waals surface area contributed by atoms with Gasteiger partial charge >= 0.3 is 6.01 Å². The highest BCUT2D eigenvalue weighted by molar-refractivity contribution is 5.83. The van der Waals surface area contributed by atoms with Gasteiger partial charge in [0.15, 0.2) is 17.0 Å². The number of fused-ring (bicyclic) bond motifs is 1. The van der Waals surface area contributed by atoms with Gasteiger partial charge in [0.25, 0.3) is 6.01 Å². The van der Waals surface area contributed by atoms with Crippen LogP contribution in [0, 0.1) is 11.8 Å². The SMILES string of the molecule is CC1CC(C)CN(Cc2cccc(Cn3c(O)nc4c(N)nc(OCCO)nc43)c2)C1. The van der Waals surface area contributed by atoms with E-state index in [1.165, 1.54) is 12.0 Å². The smallest absolute Gasteiger partial charge is 0.320 e. The molecule has 9 heteroatoms. The molecule has 2 aromatic heterocycles. The summed E-state index contributed by atoms with van der Waals surface area (Å²) >= 11 is 0. The maximum atomic E-state index is 10.4. The number of aromatic nitrogens is 4. The van der Waals surface area contributed by atoms with E-state index >= 15 is 0 Å². The molecule has 166 valence electrons. The van der Waals surface area contributed by atoms with Gasteiger partial charge in [0.05, 0.1) is 13.2 Å². The first-order valence-corrected chi connectivity index (χ1v) is 10.7. The number of ether oxygens (including phenoxy) is 1. The van der Waals surface area contributed by atoms with Crippen molar-refractivity contribution in [3.8, 4) is 12.0 Å². The van der Waals surface area contributed by atoms with E-state index in [9.17, 15) is 5.11 Å². The Labute approximate surface area is 181 Å². The summed E-state index contributed by atoms with van der Waals surface area (Å²) in [6, 6.07) is 8.21. The van der Waals surface area contributed by atoms with Crippen LogP contribution in [0.4, 0.5) is 5.82 Å². The molecule has 1 saturated heterocycles. The topological polar surface area (TPSA) is 123 Å². The fraction of sp³-hybridized carbons (Fsp3) is 0.500. The lowest BCUT2D eigenvalue weighted by molar-refractivity contribution is 0.134. The van der Waals surface area contributed by atoms with Crippen molar-refractivity contribution < 1.29 is 14.9 Å². The van der Waals surface area contributed by atoms with Crippen molar-refractivity contribution in [2.45, 2.75) is 33.4 Å². The molecule has 4 rings (SSSR count). The number of benzene rings is 1. The highest BCUT2D eigenvalue weighted by Crippen LogP contribution is 2.26. The van der Waals surface area contributed by atoms with Crippen molar-refractivity contribution in [3.05, 3.63) is 35.4 Å². The molecule has 0 aliphatic carbocycles. The van der Waals surface area contributed by atoms with Gasteiger partial charge < -0.3 is 20.7 Å². The van der Waals surface area contributed by atoms with Crippen LogP contribution in [0.2, 0.25) is 0 Å². The molecule has 0 radical (unpaired) electrons. The van der Waals surface area contributed by atoms with Crippen molar-refractivity contribution in [1.29, 1.82) is 0 Å². The number of imidazole rings is 1. The molecule has 1 fully saturated rings. The molecule has 1 aromatic carbocycles. The van der Waals surface area contributed by atoms with E-state index in [0.29, 0.717) is 29.5 Å². The van der Waals surface area contributed by atoms with Crippen LogP contribution in [-0.2, 0) is 13.1 Å². The lowest BCUT2D eigenvalue weighted by Gasteiger charge is -2.35. The second-order valence-corrected chi connectivity index (χ2v) is 8.59. The number of nitrogens with two attached hydrogens (primary N) is 1. The number of hydrogen-bond donors (Lipinski definition) is 3. The third-order valence-electron chi connectivity index (χ3n) is 5.59. The third kappa shape index (κ3) is 4.88. The van der Waals surface area contributed by atoms with Crippen LogP contribution in [0.1, 0.15) is 31.4 Å². The van der Waals surface area contributed by atoms with Gasteiger partial charge in [-0.05, 0) is 29.4 Å². The molecule has 1 aliphatic heterocycles. The summed E-state index contributed by atoms with van der Waals surface area (Å²) in [5, 5.41) is 19.4. The van der Waals surface area contributed by atoms with Crippen molar-refractivity contribution in [1.82, 2.24) is 24.4 Å². The monoisotopic (exact) mass is 426 g/mol. The minimum atomic E-state index is -0.181. The molecule has 4 N–H and O–H groups in total. The summed E-state index contributed by atoms with van der Waals surface area (Å²) < 4.78 is 6.89. The molecular formula is C22H30N6O3. The Balaban J connectivity index is 1.57. The van der Waals surface area contributed by atoms with Gasteiger partial charge in [0.1, 0.15) is 6.61 Å². The first-order valence-electron chi connectivity index (χ1n) is 10.7. The summed E-state index contributed by atoms with van der Waals surface area (Å²) in [5.41, 5.74) is 8.95. The zero-order valence-electron chi connectivity index (χ0n) is 18.0. The van der Waals surface area contributed by atoms with Crippen LogP contribution in [0.15, 0.2) is 24.3 Å². The van der Waals surface area contributed by atoms with Gasteiger partial charge in [0.2, 0.25) is 0 Å². The van der Waals surface area contributed by atoms with Crippen LogP contribution in [0.25, 0.3) is 11.2 Å². The fourth-order valence-corrected chi connectivity index (χ4v) is 4.52. The molecule has 0 amide bonds. The highest BCUT2D eigenvalue weighted by Gasteiger charge is 2.22. The summed E-state index contributed by atoms with van der Waals surface area (Å²) in [6.45, 7) is 8.07. The summed E-state index contributed by atoms with van der Waals surface area (Å²) in [4.78, 5) is 15.0. The standard InChI is InChI=1S/C22H30N6O3/c1-14-8-15(2)11-27(10-14)12-16-4-3-5-17(9-16)13-28-20-18(24-22(28)30)19(23)25-21(26-20)31-7-6-29/h3-5,9,14-15,29H,6-8,10-13H2,1-2H3,(H,24,30)(H2,23,25,26). The summed E-state index contributed by atoms with van der Waals surface area (Å²) in [6.07, 6.45) is 1.29.